The minimum Gasteiger partial charge on any atom is -0.352 e. The molecule has 0 aliphatic carbocycles. The van der Waals surface area contributed by atoms with Crippen molar-refractivity contribution in [3.05, 3.63) is 64.1 Å². The number of hydrogen-bond donors (Lipinski definition) is 1. The van der Waals surface area contributed by atoms with Gasteiger partial charge in [0.1, 0.15) is 12.6 Å². The minimum absolute atomic E-state index is 0.0888. The zero-order valence-corrected chi connectivity index (χ0v) is 21.4. The van der Waals surface area contributed by atoms with Crippen molar-refractivity contribution in [2.45, 2.75) is 46.3 Å². The fourth-order valence-corrected chi connectivity index (χ4v) is 4.60. The SMILES string of the molecule is Cc1ccc(CN(C(=O)CN(c2ccccc2Br)S(C)(=O)=O)[C@@H](C)C(=O)NC(C)C)cc1. The van der Waals surface area contributed by atoms with Gasteiger partial charge in [-0.3, -0.25) is 13.9 Å². The molecule has 0 radical (unpaired) electrons. The van der Waals surface area contributed by atoms with E-state index in [1.165, 1.54) is 4.90 Å². The number of nitrogens with zero attached hydrogens (tertiary/aromatic N) is 2. The van der Waals surface area contributed by atoms with Gasteiger partial charge in [0.2, 0.25) is 21.8 Å². The van der Waals surface area contributed by atoms with Crippen LogP contribution in [0.4, 0.5) is 5.69 Å². The zero-order valence-electron chi connectivity index (χ0n) is 19.0. The average Bonchev–Trinajstić information content (AvgIpc) is 2.70. The van der Waals surface area contributed by atoms with Crippen LogP contribution in [-0.4, -0.2) is 50.0 Å². The van der Waals surface area contributed by atoms with Crippen LogP contribution in [0.3, 0.4) is 0 Å². The molecule has 0 aromatic heterocycles. The quantitative estimate of drug-likeness (QED) is 0.545. The van der Waals surface area contributed by atoms with Gasteiger partial charge in [-0.05, 0) is 61.3 Å². The fraction of sp³-hybridized carbons (Fsp3) is 0.391. The first-order valence-electron chi connectivity index (χ1n) is 10.3. The fourth-order valence-electron chi connectivity index (χ4n) is 3.13. The largest absolute Gasteiger partial charge is 0.352 e. The van der Waals surface area contributed by atoms with Gasteiger partial charge in [-0.1, -0.05) is 42.0 Å². The van der Waals surface area contributed by atoms with Crippen LogP contribution in [0.2, 0.25) is 0 Å². The van der Waals surface area contributed by atoms with E-state index in [0.29, 0.717) is 10.2 Å². The van der Waals surface area contributed by atoms with E-state index in [0.717, 1.165) is 21.7 Å². The summed E-state index contributed by atoms with van der Waals surface area (Å²) < 4.78 is 26.7. The maximum atomic E-state index is 13.4. The van der Waals surface area contributed by atoms with Crippen molar-refractivity contribution in [3.63, 3.8) is 0 Å². The highest BCUT2D eigenvalue weighted by molar-refractivity contribution is 9.10. The first kappa shape index (κ1) is 25.9. The first-order valence-corrected chi connectivity index (χ1v) is 12.9. The topological polar surface area (TPSA) is 86.8 Å². The number of anilines is 1. The van der Waals surface area contributed by atoms with Crippen LogP contribution in [-0.2, 0) is 26.2 Å². The molecule has 0 fully saturated rings. The van der Waals surface area contributed by atoms with Gasteiger partial charge in [-0.15, -0.1) is 0 Å². The summed E-state index contributed by atoms with van der Waals surface area (Å²) in [5, 5.41) is 2.82. The molecule has 9 heteroatoms. The van der Waals surface area contributed by atoms with Crippen molar-refractivity contribution in [1.29, 1.82) is 0 Å². The third-order valence-electron chi connectivity index (χ3n) is 4.87. The maximum Gasteiger partial charge on any atom is 0.244 e. The van der Waals surface area contributed by atoms with Crippen molar-refractivity contribution in [2.75, 3.05) is 17.1 Å². The molecular weight excluding hydrogens is 494 g/mol. The Kier molecular flexibility index (Phi) is 8.86. The Hall–Kier alpha value is -2.39. The molecule has 0 aliphatic rings. The van der Waals surface area contributed by atoms with E-state index in [4.69, 9.17) is 0 Å². The zero-order chi connectivity index (χ0) is 24.1. The monoisotopic (exact) mass is 523 g/mol. The molecule has 0 spiro atoms. The summed E-state index contributed by atoms with van der Waals surface area (Å²) in [6.45, 7) is 7.05. The Bertz CT molecular complexity index is 1060. The number of aryl methyl sites for hydroxylation is 1. The Morgan fingerprint density at radius 2 is 1.62 bits per heavy atom. The molecule has 0 unspecified atom stereocenters. The van der Waals surface area contributed by atoms with Gasteiger partial charge in [0.25, 0.3) is 0 Å². The Morgan fingerprint density at radius 1 is 1.03 bits per heavy atom. The third-order valence-corrected chi connectivity index (χ3v) is 6.67. The molecule has 1 N–H and O–H groups in total. The lowest BCUT2D eigenvalue weighted by atomic mass is 10.1. The summed E-state index contributed by atoms with van der Waals surface area (Å²) in [5.74, 6) is -0.773. The summed E-state index contributed by atoms with van der Waals surface area (Å²) in [7, 11) is -3.76. The van der Waals surface area contributed by atoms with Crippen LogP contribution in [0.25, 0.3) is 0 Å². The van der Waals surface area contributed by atoms with Gasteiger partial charge in [-0.2, -0.15) is 0 Å². The Labute approximate surface area is 199 Å². The number of halogens is 1. The third kappa shape index (κ3) is 7.06. The number of hydrogen-bond acceptors (Lipinski definition) is 4. The molecule has 2 aromatic carbocycles. The van der Waals surface area contributed by atoms with Crippen LogP contribution in [0.15, 0.2) is 53.0 Å². The number of rotatable bonds is 9. The molecule has 0 heterocycles. The summed E-state index contributed by atoms with van der Waals surface area (Å²) >= 11 is 3.36. The molecule has 2 rings (SSSR count). The van der Waals surface area contributed by atoms with Gasteiger partial charge in [-0.25, -0.2) is 8.42 Å². The van der Waals surface area contributed by atoms with Crippen molar-refractivity contribution < 1.29 is 18.0 Å². The van der Waals surface area contributed by atoms with Gasteiger partial charge >= 0.3 is 0 Å². The summed E-state index contributed by atoms with van der Waals surface area (Å²) in [6, 6.07) is 13.6. The number of benzene rings is 2. The summed E-state index contributed by atoms with van der Waals surface area (Å²) in [5.41, 5.74) is 2.28. The predicted molar refractivity (Wildman–Crippen MR) is 131 cm³/mol. The van der Waals surface area contributed by atoms with E-state index in [1.807, 2.05) is 45.0 Å². The van der Waals surface area contributed by atoms with Crippen molar-refractivity contribution in [1.82, 2.24) is 10.2 Å². The van der Waals surface area contributed by atoms with Crippen molar-refractivity contribution >= 4 is 43.5 Å². The lowest BCUT2D eigenvalue weighted by Crippen LogP contribution is -2.52. The van der Waals surface area contributed by atoms with E-state index in [1.54, 1.807) is 31.2 Å². The summed E-state index contributed by atoms with van der Waals surface area (Å²) in [6.07, 6.45) is 1.05. The number of sulfonamides is 1. The Balaban J connectivity index is 2.39. The van der Waals surface area contributed by atoms with E-state index in [-0.39, 0.29) is 18.5 Å². The van der Waals surface area contributed by atoms with Gasteiger partial charge < -0.3 is 10.2 Å². The van der Waals surface area contributed by atoms with Crippen LogP contribution in [0.1, 0.15) is 31.9 Å². The van der Waals surface area contributed by atoms with E-state index in [2.05, 4.69) is 21.2 Å². The number of para-hydroxylation sites is 1. The lowest BCUT2D eigenvalue weighted by Gasteiger charge is -2.32. The van der Waals surface area contributed by atoms with Crippen LogP contribution in [0, 0.1) is 6.92 Å². The van der Waals surface area contributed by atoms with Crippen LogP contribution < -0.4 is 9.62 Å². The molecule has 174 valence electrons. The van der Waals surface area contributed by atoms with Crippen molar-refractivity contribution in [2.24, 2.45) is 0 Å². The van der Waals surface area contributed by atoms with E-state index < -0.39 is 28.5 Å². The highest BCUT2D eigenvalue weighted by Gasteiger charge is 2.30. The standard InChI is InChI=1S/C23H30BrN3O4S/c1-16(2)25-23(29)18(4)26(14-19-12-10-17(3)11-13-19)22(28)15-27(32(5,30)31)21-9-7-6-8-20(21)24/h6-13,16,18H,14-15H2,1-5H3,(H,25,29)/t18-/m0/s1. The molecule has 1 atom stereocenters. The van der Waals surface area contributed by atoms with Crippen molar-refractivity contribution in [3.8, 4) is 0 Å². The predicted octanol–water partition coefficient (Wildman–Crippen LogP) is 3.47. The number of carbonyl (C=O) groups is 2. The number of amides is 2. The second-order valence-corrected chi connectivity index (χ2v) is 10.8. The number of nitrogens with one attached hydrogen (secondary N) is 1. The molecular formula is C23H30BrN3O4S. The Morgan fingerprint density at radius 3 is 2.16 bits per heavy atom. The van der Waals surface area contributed by atoms with Crippen LogP contribution >= 0.6 is 15.9 Å². The van der Waals surface area contributed by atoms with E-state index in [9.17, 15) is 18.0 Å². The second-order valence-electron chi connectivity index (χ2n) is 8.07. The van der Waals surface area contributed by atoms with Gasteiger partial charge in [0, 0.05) is 17.1 Å². The molecule has 2 aromatic rings. The first-order chi connectivity index (χ1) is 14.9. The highest BCUT2D eigenvalue weighted by Crippen LogP contribution is 2.28. The molecule has 7 nitrogen and oxygen atoms in total. The average molecular weight is 524 g/mol. The number of carbonyl (C=O) groups excluding carboxylic acids is 2. The maximum absolute atomic E-state index is 13.4. The molecule has 0 bridgehead atoms. The smallest absolute Gasteiger partial charge is 0.244 e. The second kappa shape index (κ2) is 11.0. The molecule has 2 amide bonds. The van der Waals surface area contributed by atoms with Gasteiger partial charge in [0.15, 0.2) is 0 Å². The molecule has 0 aliphatic heterocycles. The van der Waals surface area contributed by atoms with Crippen LogP contribution in [0.5, 0.6) is 0 Å². The lowest BCUT2D eigenvalue weighted by molar-refractivity contribution is -0.139. The molecule has 32 heavy (non-hydrogen) atoms. The van der Waals surface area contributed by atoms with Gasteiger partial charge in [0.05, 0.1) is 11.9 Å². The minimum atomic E-state index is -3.76. The normalized spacial score (nSPS) is 12.3. The molecule has 0 saturated carbocycles. The summed E-state index contributed by atoms with van der Waals surface area (Å²) in [4.78, 5) is 27.5. The molecule has 0 saturated heterocycles. The highest BCUT2D eigenvalue weighted by atomic mass is 79.9. The van der Waals surface area contributed by atoms with E-state index >= 15 is 0 Å².